The van der Waals surface area contributed by atoms with E-state index in [1.807, 2.05) is 4.90 Å². The molecule has 0 unspecified atom stereocenters. The van der Waals surface area contributed by atoms with Crippen molar-refractivity contribution in [3.63, 3.8) is 0 Å². The van der Waals surface area contributed by atoms with Gasteiger partial charge in [0.25, 0.3) is 5.91 Å². The lowest BCUT2D eigenvalue weighted by molar-refractivity contribution is -0.141. The van der Waals surface area contributed by atoms with Crippen LogP contribution in [0.1, 0.15) is 42.6 Å². The van der Waals surface area contributed by atoms with Crippen molar-refractivity contribution in [1.82, 2.24) is 14.4 Å². The van der Waals surface area contributed by atoms with Crippen molar-refractivity contribution in [2.24, 2.45) is 18.4 Å². The van der Waals surface area contributed by atoms with E-state index in [9.17, 15) is 19.5 Å². The Kier molecular flexibility index (Phi) is 4.04. The van der Waals surface area contributed by atoms with Gasteiger partial charge in [0.1, 0.15) is 11.7 Å². The molecule has 7 heteroatoms. The molecule has 1 N–H and O–H groups in total. The smallest absolute Gasteiger partial charge is 0.326 e. The number of piperidine rings is 1. The first-order valence-electron chi connectivity index (χ1n) is 9.34. The molecule has 0 radical (unpaired) electrons. The molecule has 1 saturated carbocycles. The van der Waals surface area contributed by atoms with Gasteiger partial charge in [-0.3, -0.25) is 9.59 Å². The van der Waals surface area contributed by atoms with Gasteiger partial charge in [-0.15, -0.1) is 0 Å². The van der Waals surface area contributed by atoms with Gasteiger partial charge >= 0.3 is 5.97 Å². The van der Waals surface area contributed by atoms with E-state index in [0.717, 1.165) is 25.7 Å². The molecule has 1 aromatic rings. The highest BCUT2D eigenvalue weighted by Crippen LogP contribution is 2.44. The summed E-state index contributed by atoms with van der Waals surface area (Å²) in [5.74, 6) is -0.696. The lowest BCUT2D eigenvalue weighted by atomic mass is 9.76. The number of aromatic nitrogens is 1. The number of carbonyl (C=O) groups is 3. The average molecular weight is 359 g/mol. The molecule has 0 aromatic carbocycles. The summed E-state index contributed by atoms with van der Waals surface area (Å²) in [5.41, 5.74) is 0.319. The van der Waals surface area contributed by atoms with Crippen molar-refractivity contribution in [3.8, 4) is 0 Å². The van der Waals surface area contributed by atoms with Gasteiger partial charge in [0, 0.05) is 38.8 Å². The zero-order valence-electron chi connectivity index (χ0n) is 15.1. The van der Waals surface area contributed by atoms with Crippen molar-refractivity contribution in [2.75, 3.05) is 19.6 Å². The summed E-state index contributed by atoms with van der Waals surface area (Å²) in [6.07, 6.45) is 5.81. The summed E-state index contributed by atoms with van der Waals surface area (Å²) in [6.45, 7) is 1.81. The molecule has 1 aromatic heterocycles. The number of carboxylic acid groups (broad SMARTS) is 1. The predicted molar refractivity (Wildman–Crippen MR) is 93.5 cm³/mol. The van der Waals surface area contributed by atoms with Crippen molar-refractivity contribution in [1.29, 1.82) is 0 Å². The number of nitrogens with zero attached hydrogens (tertiary/aromatic N) is 3. The Balaban J connectivity index is 1.49. The average Bonchev–Trinajstić information content (AvgIpc) is 3.28. The first kappa shape index (κ1) is 17.1. The van der Waals surface area contributed by atoms with E-state index in [-0.39, 0.29) is 23.1 Å². The van der Waals surface area contributed by atoms with Gasteiger partial charge in [-0.05, 0) is 49.7 Å². The van der Waals surface area contributed by atoms with Crippen LogP contribution in [0.15, 0.2) is 18.3 Å². The Morgan fingerprint density at radius 2 is 1.88 bits per heavy atom. The number of aryl methyl sites for hydroxylation is 1. The Bertz CT molecular complexity index is 744. The fraction of sp³-hybridized carbons (Fsp3) is 0.632. The first-order valence-corrected chi connectivity index (χ1v) is 9.34. The van der Waals surface area contributed by atoms with Crippen LogP contribution < -0.4 is 0 Å². The summed E-state index contributed by atoms with van der Waals surface area (Å²) >= 11 is 0. The van der Waals surface area contributed by atoms with Gasteiger partial charge in [0.2, 0.25) is 5.91 Å². The fourth-order valence-corrected chi connectivity index (χ4v) is 4.47. The third kappa shape index (κ3) is 2.89. The molecule has 3 heterocycles. The van der Waals surface area contributed by atoms with Crippen molar-refractivity contribution >= 4 is 17.8 Å². The van der Waals surface area contributed by atoms with Gasteiger partial charge in [-0.2, -0.15) is 0 Å². The van der Waals surface area contributed by atoms with Crippen LogP contribution in [0.4, 0.5) is 0 Å². The monoisotopic (exact) mass is 359 g/mol. The van der Waals surface area contributed by atoms with Gasteiger partial charge in [0.15, 0.2) is 0 Å². The number of rotatable bonds is 3. The number of hydrogen-bond donors (Lipinski definition) is 1. The maximum Gasteiger partial charge on any atom is 0.326 e. The maximum absolute atomic E-state index is 12.9. The topological polar surface area (TPSA) is 82.9 Å². The summed E-state index contributed by atoms with van der Waals surface area (Å²) in [5, 5.41) is 9.67. The van der Waals surface area contributed by atoms with Gasteiger partial charge in [-0.1, -0.05) is 0 Å². The van der Waals surface area contributed by atoms with E-state index in [0.29, 0.717) is 31.7 Å². The molecule has 3 fully saturated rings. The molecular formula is C19H25N3O4. The van der Waals surface area contributed by atoms with Crippen LogP contribution in [0.5, 0.6) is 0 Å². The molecule has 0 bridgehead atoms. The van der Waals surface area contributed by atoms with E-state index in [2.05, 4.69) is 0 Å². The van der Waals surface area contributed by atoms with Crippen LogP contribution in [0.3, 0.4) is 0 Å². The number of carbonyl (C=O) groups excluding carboxylic acids is 2. The Morgan fingerprint density at radius 3 is 2.42 bits per heavy atom. The molecule has 3 aliphatic rings. The quantitative estimate of drug-likeness (QED) is 0.883. The third-order valence-corrected chi connectivity index (χ3v) is 6.28. The largest absolute Gasteiger partial charge is 0.480 e. The minimum atomic E-state index is -0.944. The molecular weight excluding hydrogens is 334 g/mol. The number of likely N-dealkylation sites (tertiary alicyclic amines) is 2. The fourth-order valence-electron chi connectivity index (χ4n) is 4.47. The minimum absolute atomic E-state index is 0.190. The van der Waals surface area contributed by atoms with Gasteiger partial charge in [0.05, 0.1) is 0 Å². The molecule has 26 heavy (non-hydrogen) atoms. The third-order valence-electron chi connectivity index (χ3n) is 6.28. The highest BCUT2D eigenvalue weighted by atomic mass is 16.4. The predicted octanol–water partition coefficient (Wildman–Crippen LogP) is 1.34. The van der Waals surface area contributed by atoms with Crippen LogP contribution in [0.25, 0.3) is 0 Å². The zero-order valence-corrected chi connectivity index (χ0v) is 15.1. The summed E-state index contributed by atoms with van der Waals surface area (Å²) in [4.78, 5) is 40.4. The van der Waals surface area contributed by atoms with Crippen LogP contribution in [0, 0.1) is 11.3 Å². The molecule has 140 valence electrons. The van der Waals surface area contributed by atoms with E-state index < -0.39 is 12.0 Å². The molecule has 7 nitrogen and oxygen atoms in total. The molecule has 4 rings (SSSR count). The van der Waals surface area contributed by atoms with Crippen molar-refractivity contribution in [2.45, 2.75) is 38.1 Å². The van der Waals surface area contributed by atoms with Crippen LogP contribution in [0.2, 0.25) is 0 Å². The van der Waals surface area contributed by atoms with Crippen LogP contribution in [-0.2, 0) is 16.6 Å². The second kappa shape index (κ2) is 6.14. The number of carboxylic acids is 1. The standard InChI is InChI=1S/C19H25N3O4/c1-20-8-2-3-14(20)17(24)22-12-19(11-15(22)18(25)26)6-9-21(10-7-19)16(23)13-4-5-13/h2-3,8,13,15H,4-7,9-12H2,1H3,(H,25,26)/t15-/m1/s1. The maximum atomic E-state index is 12.9. The van der Waals surface area contributed by atoms with Crippen molar-refractivity contribution < 1.29 is 19.5 Å². The summed E-state index contributed by atoms with van der Waals surface area (Å²) < 4.78 is 1.73. The summed E-state index contributed by atoms with van der Waals surface area (Å²) in [7, 11) is 1.79. The first-order chi connectivity index (χ1) is 12.4. The van der Waals surface area contributed by atoms with Crippen LogP contribution >= 0.6 is 0 Å². The van der Waals surface area contributed by atoms with E-state index >= 15 is 0 Å². The minimum Gasteiger partial charge on any atom is -0.480 e. The Labute approximate surface area is 152 Å². The number of aliphatic carboxylic acids is 1. The number of hydrogen-bond acceptors (Lipinski definition) is 3. The number of amides is 2. The van der Waals surface area contributed by atoms with E-state index in [1.165, 1.54) is 4.90 Å². The molecule has 1 atom stereocenters. The highest BCUT2D eigenvalue weighted by molar-refractivity contribution is 5.96. The molecule has 2 aliphatic heterocycles. The molecule has 2 amide bonds. The second-order valence-electron chi connectivity index (χ2n) is 8.10. The SMILES string of the molecule is Cn1cccc1C(=O)N1CC2(CCN(C(=O)C3CC3)CC2)C[C@@H]1C(=O)O. The Hall–Kier alpha value is -2.31. The molecule has 2 saturated heterocycles. The second-order valence-corrected chi connectivity index (χ2v) is 8.10. The normalized spacial score (nSPS) is 24.9. The van der Waals surface area contributed by atoms with E-state index in [4.69, 9.17) is 0 Å². The van der Waals surface area contributed by atoms with Gasteiger partial charge in [-0.25, -0.2) is 4.79 Å². The lowest BCUT2D eigenvalue weighted by Crippen LogP contribution is -2.45. The molecule has 1 aliphatic carbocycles. The highest BCUT2D eigenvalue weighted by Gasteiger charge is 2.51. The Morgan fingerprint density at radius 1 is 1.19 bits per heavy atom. The lowest BCUT2D eigenvalue weighted by Gasteiger charge is -2.39. The molecule has 1 spiro atoms. The van der Waals surface area contributed by atoms with Crippen LogP contribution in [-0.4, -0.2) is 62.9 Å². The van der Waals surface area contributed by atoms with E-state index in [1.54, 1.807) is 29.9 Å². The summed E-state index contributed by atoms with van der Waals surface area (Å²) in [6, 6.07) is 2.73. The van der Waals surface area contributed by atoms with Gasteiger partial charge < -0.3 is 19.5 Å². The zero-order chi connectivity index (χ0) is 18.5. The van der Waals surface area contributed by atoms with Crippen molar-refractivity contribution in [3.05, 3.63) is 24.0 Å².